The van der Waals surface area contributed by atoms with Gasteiger partial charge in [0.1, 0.15) is 11.9 Å². The zero-order valence-electron chi connectivity index (χ0n) is 10.1. The number of piperidine rings is 1. The Hall–Kier alpha value is -1.81. The van der Waals surface area contributed by atoms with Crippen LogP contribution in [0.4, 0.5) is 0 Å². The molecule has 0 atom stereocenters. The largest absolute Gasteiger partial charge is 0.490 e. The van der Waals surface area contributed by atoms with Crippen LogP contribution < -0.4 is 15.6 Å². The lowest BCUT2D eigenvalue weighted by Gasteiger charge is -2.23. The fourth-order valence-corrected chi connectivity index (χ4v) is 2.31. The number of ether oxygens (including phenoxy) is 1. The number of H-pyrrole nitrogens is 1. The number of rotatable bonds is 2. The summed E-state index contributed by atoms with van der Waals surface area (Å²) in [6.07, 6.45) is 2.34. The summed E-state index contributed by atoms with van der Waals surface area (Å²) in [5.41, 5.74) is 0.746. The van der Waals surface area contributed by atoms with Crippen LogP contribution in [0.5, 0.6) is 5.75 Å². The second kappa shape index (κ2) is 4.82. The highest BCUT2D eigenvalue weighted by molar-refractivity contribution is 5.79. The fourth-order valence-electron chi connectivity index (χ4n) is 2.31. The van der Waals surface area contributed by atoms with Gasteiger partial charge in [0, 0.05) is 12.1 Å². The molecule has 1 fully saturated rings. The number of aromatic nitrogens is 1. The third-order valence-electron chi connectivity index (χ3n) is 3.29. The SMILES string of the molecule is O=c1ccc2ccc(OC3CCNCC3)cc2[nH]1. The topological polar surface area (TPSA) is 54.1 Å². The third-order valence-corrected chi connectivity index (χ3v) is 3.29. The molecule has 1 aliphatic heterocycles. The van der Waals surface area contributed by atoms with Gasteiger partial charge in [-0.25, -0.2) is 0 Å². The van der Waals surface area contributed by atoms with Gasteiger partial charge in [0.25, 0.3) is 0 Å². The predicted molar refractivity (Wildman–Crippen MR) is 71.1 cm³/mol. The smallest absolute Gasteiger partial charge is 0.248 e. The van der Waals surface area contributed by atoms with E-state index < -0.39 is 0 Å². The first-order valence-corrected chi connectivity index (χ1v) is 6.32. The Morgan fingerprint density at radius 1 is 1.11 bits per heavy atom. The number of pyridine rings is 1. The summed E-state index contributed by atoms with van der Waals surface area (Å²) in [7, 11) is 0. The molecular weight excluding hydrogens is 228 g/mol. The summed E-state index contributed by atoms with van der Waals surface area (Å²) < 4.78 is 5.94. The van der Waals surface area contributed by atoms with Crippen molar-refractivity contribution in [1.82, 2.24) is 10.3 Å². The molecule has 0 spiro atoms. The minimum absolute atomic E-state index is 0.0819. The molecule has 0 unspecified atom stereocenters. The maximum atomic E-state index is 11.3. The summed E-state index contributed by atoms with van der Waals surface area (Å²) in [5.74, 6) is 0.830. The van der Waals surface area contributed by atoms with E-state index in [0.717, 1.165) is 42.6 Å². The maximum absolute atomic E-state index is 11.3. The summed E-state index contributed by atoms with van der Waals surface area (Å²) in [6.45, 7) is 2.02. The minimum atomic E-state index is -0.0819. The number of hydrogen-bond donors (Lipinski definition) is 2. The first-order chi connectivity index (χ1) is 8.81. The minimum Gasteiger partial charge on any atom is -0.490 e. The fraction of sp³-hybridized carbons (Fsp3) is 0.357. The first-order valence-electron chi connectivity index (χ1n) is 6.32. The van der Waals surface area contributed by atoms with Crippen LogP contribution in [0.3, 0.4) is 0 Å². The lowest BCUT2D eigenvalue weighted by molar-refractivity contribution is 0.162. The lowest BCUT2D eigenvalue weighted by Crippen LogP contribution is -2.34. The van der Waals surface area contributed by atoms with Crippen molar-refractivity contribution in [2.75, 3.05) is 13.1 Å². The molecule has 0 amide bonds. The van der Waals surface area contributed by atoms with E-state index in [1.807, 2.05) is 24.3 Å². The van der Waals surface area contributed by atoms with Gasteiger partial charge in [-0.1, -0.05) is 0 Å². The summed E-state index contributed by atoms with van der Waals surface area (Å²) >= 11 is 0. The van der Waals surface area contributed by atoms with Gasteiger partial charge in [-0.05, 0) is 49.5 Å². The molecule has 1 aromatic carbocycles. The Bertz CT molecular complexity index is 600. The summed E-state index contributed by atoms with van der Waals surface area (Å²) in [5, 5.41) is 4.33. The quantitative estimate of drug-likeness (QED) is 0.844. The van der Waals surface area contributed by atoms with E-state index in [9.17, 15) is 4.79 Å². The molecule has 2 aromatic rings. The molecule has 0 radical (unpaired) electrons. The molecule has 4 nitrogen and oxygen atoms in total. The van der Waals surface area contributed by atoms with Gasteiger partial charge < -0.3 is 15.0 Å². The van der Waals surface area contributed by atoms with E-state index in [1.165, 1.54) is 6.07 Å². The predicted octanol–water partition coefficient (Wildman–Crippen LogP) is 1.66. The number of hydrogen-bond acceptors (Lipinski definition) is 3. The van der Waals surface area contributed by atoms with E-state index in [1.54, 1.807) is 0 Å². The van der Waals surface area contributed by atoms with Crippen molar-refractivity contribution in [3.8, 4) is 5.75 Å². The van der Waals surface area contributed by atoms with Crippen molar-refractivity contribution in [3.63, 3.8) is 0 Å². The van der Waals surface area contributed by atoms with Gasteiger partial charge in [-0.3, -0.25) is 4.79 Å². The average molecular weight is 244 g/mol. The number of fused-ring (bicyclic) bond motifs is 1. The monoisotopic (exact) mass is 244 g/mol. The van der Waals surface area contributed by atoms with Gasteiger partial charge in [0.2, 0.25) is 5.56 Å². The molecule has 4 heteroatoms. The molecule has 2 N–H and O–H groups in total. The van der Waals surface area contributed by atoms with Crippen molar-refractivity contribution >= 4 is 10.9 Å². The van der Waals surface area contributed by atoms with E-state index in [4.69, 9.17) is 4.74 Å². The Morgan fingerprint density at radius 3 is 2.72 bits per heavy atom. The molecular formula is C14H16N2O2. The summed E-state index contributed by atoms with van der Waals surface area (Å²) in [6, 6.07) is 9.20. The van der Waals surface area contributed by atoms with Gasteiger partial charge in [0.15, 0.2) is 0 Å². The van der Waals surface area contributed by atoms with Crippen molar-refractivity contribution in [1.29, 1.82) is 0 Å². The van der Waals surface area contributed by atoms with E-state index in [-0.39, 0.29) is 11.7 Å². The molecule has 94 valence electrons. The Morgan fingerprint density at radius 2 is 1.89 bits per heavy atom. The highest BCUT2D eigenvalue weighted by Gasteiger charge is 2.14. The Labute approximate surface area is 105 Å². The molecule has 0 saturated carbocycles. The van der Waals surface area contributed by atoms with Crippen molar-refractivity contribution in [2.24, 2.45) is 0 Å². The third kappa shape index (κ3) is 2.38. The van der Waals surface area contributed by atoms with E-state index >= 15 is 0 Å². The van der Waals surface area contributed by atoms with E-state index in [0.29, 0.717) is 0 Å². The van der Waals surface area contributed by atoms with Crippen LogP contribution in [0.15, 0.2) is 35.1 Å². The molecule has 0 aliphatic carbocycles. The zero-order valence-corrected chi connectivity index (χ0v) is 10.1. The molecule has 2 heterocycles. The van der Waals surface area contributed by atoms with Crippen LogP contribution >= 0.6 is 0 Å². The molecule has 1 saturated heterocycles. The van der Waals surface area contributed by atoms with Crippen LogP contribution in [-0.2, 0) is 0 Å². The van der Waals surface area contributed by atoms with Crippen LogP contribution in [-0.4, -0.2) is 24.2 Å². The normalized spacial score (nSPS) is 16.9. The number of nitrogens with one attached hydrogen (secondary N) is 2. The average Bonchev–Trinajstić information content (AvgIpc) is 2.39. The molecule has 1 aromatic heterocycles. The van der Waals surface area contributed by atoms with Gasteiger partial charge in [-0.2, -0.15) is 0 Å². The second-order valence-electron chi connectivity index (χ2n) is 4.64. The highest BCUT2D eigenvalue weighted by Crippen LogP contribution is 2.21. The van der Waals surface area contributed by atoms with Gasteiger partial charge in [-0.15, -0.1) is 0 Å². The number of benzene rings is 1. The summed E-state index contributed by atoms with van der Waals surface area (Å²) in [4.78, 5) is 14.1. The van der Waals surface area contributed by atoms with Crippen LogP contribution in [0.2, 0.25) is 0 Å². The first kappa shape index (κ1) is 11.3. The van der Waals surface area contributed by atoms with Crippen LogP contribution in [0.1, 0.15) is 12.8 Å². The van der Waals surface area contributed by atoms with Gasteiger partial charge >= 0.3 is 0 Å². The second-order valence-corrected chi connectivity index (χ2v) is 4.64. The van der Waals surface area contributed by atoms with Crippen molar-refractivity contribution in [3.05, 3.63) is 40.7 Å². The zero-order chi connectivity index (χ0) is 12.4. The lowest BCUT2D eigenvalue weighted by atomic mass is 10.1. The number of aromatic amines is 1. The molecule has 0 bridgehead atoms. The standard InChI is InChI=1S/C14H16N2O2/c17-14-4-2-10-1-3-12(9-13(10)16-14)18-11-5-7-15-8-6-11/h1-4,9,11,15H,5-8H2,(H,16,17). The molecule has 18 heavy (non-hydrogen) atoms. The van der Waals surface area contributed by atoms with Gasteiger partial charge in [0.05, 0.1) is 5.52 Å². The Kier molecular flexibility index (Phi) is 3.02. The molecule has 1 aliphatic rings. The molecule has 3 rings (SSSR count). The van der Waals surface area contributed by atoms with Crippen molar-refractivity contribution in [2.45, 2.75) is 18.9 Å². The van der Waals surface area contributed by atoms with Crippen molar-refractivity contribution < 1.29 is 4.74 Å². The highest BCUT2D eigenvalue weighted by atomic mass is 16.5. The van der Waals surface area contributed by atoms with Crippen LogP contribution in [0.25, 0.3) is 10.9 Å². The maximum Gasteiger partial charge on any atom is 0.248 e. The van der Waals surface area contributed by atoms with Crippen LogP contribution in [0, 0.1) is 0 Å². The van der Waals surface area contributed by atoms with E-state index in [2.05, 4.69) is 10.3 Å². The Balaban J connectivity index is 1.85.